The Labute approximate surface area is 102 Å². The van der Waals surface area contributed by atoms with E-state index < -0.39 is 0 Å². The Hall–Kier alpha value is -1.84. The normalized spacial score (nSPS) is 9.88. The Bertz CT molecular complexity index is 429. The van der Waals surface area contributed by atoms with Crippen LogP contribution >= 0.6 is 0 Å². The van der Waals surface area contributed by atoms with Crippen LogP contribution in [0.4, 0.5) is 11.4 Å². The van der Waals surface area contributed by atoms with E-state index in [4.69, 9.17) is 0 Å². The minimum Gasteiger partial charge on any atom is -0.314 e. The first kappa shape index (κ1) is 13.2. The lowest BCUT2D eigenvalue weighted by atomic mass is 10.2. The number of anilines is 2. The molecule has 0 saturated heterocycles. The minimum atomic E-state index is -0.0604. The van der Waals surface area contributed by atoms with Gasteiger partial charge in [-0.05, 0) is 12.1 Å². The molecule has 0 bridgehead atoms. The number of para-hydroxylation sites is 2. The van der Waals surface area contributed by atoms with Crippen LogP contribution in [0.1, 0.15) is 20.3 Å². The predicted molar refractivity (Wildman–Crippen MR) is 69.2 cm³/mol. The predicted octanol–water partition coefficient (Wildman–Crippen LogP) is 2.04. The molecule has 0 aromatic heterocycles. The zero-order valence-electron chi connectivity index (χ0n) is 10.7. The van der Waals surface area contributed by atoms with Gasteiger partial charge in [-0.25, -0.2) is 0 Å². The molecule has 0 spiro atoms. The summed E-state index contributed by atoms with van der Waals surface area (Å²) in [5.41, 5.74) is 1.49. The van der Waals surface area contributed by atoms with Gasteiger partial charge in [0, 0.05) is 27.4 Å². The second-order valence-electron chi connectivity index (χ2n) is 3.87. The first-order valence-corrected chi connectivity index (χ1v) is 5.59. The number of benzene rings is 1. The maximum atomic E-state index is 11.7. The number of hydrogen-bond donors (Lipinski definition) is 0. The van der Waals surface area contributed by atoms with Crippen LogP contribution in [-0.4, -0.2) is 25.9 Å². The summed E-state index contributed by atoms with van der Waals surface area (Å²) < 4.78 is 0. The Morgan fingerprint density at radius 2 is 1.53 bits per heavy atom. The third-order valence-corrected chi connectivity index (χ3v) is 2.75. The molecule has 0 saturated carbocycles. The van der Waals surface area contributed by atoms with Crippen molar-refractivity contribution in [3.8, 4) is 0 Å². The summed E-state index contributed by atoms with van der Waals surface area (Å²) in [6.45, 7) is 3.31. The molecular formula is C13H18N2O2. The van der Waals surface area contributed by atoms with Gasteiger partial charge in [0.2, 0.25) is 11.8 Å². The molecule has 0 N–H and O–H groups in total. The first-order valence-electron chi connectivity index (χ1n) is 5.59. The third-order valence-electron chi connectivity index (χ3n) is 2.75. The van der Waals surface area contributed by atoms with E-state index in [0.717, 1.165) is 11.4 Å². The van der Waals surface area contributed by atoms with Gasteiger partial charge in [-0.1, -0.05) is 19.1 Å². The van der Waals surface area contributed by atoms with Crippen LogP contribution < -0.4 is 9.80 Å². The summed E-state index contributed by atoms with van der Waals surface area (Å²) in [6.07, 6.45) is 0.439. The first-order chi connectivity index (χ1) is 7.99. The zero-order valence-corrected chi connectivity index (χ0v) is 10.7. The van der Waals surface area contributed by atoms with Gasteiger partial charge < -0.3 is 9.80 Å². The molecule has 17 heavy (non-hydrogen) atoms. The molecule has 1 aromatic rings. The number of amides is 2. The molecule has 0 heterocycles. The highest BCUT2D eigenvalue weighted by Crippen LogP contribution is 2.28. The van der Waals surface area contributed by atoms with E-state index in [1.165, 1.54) is 11.8 Å². The van der Waals surface area contributed by atoms with Crippen LogP contribution in [0.15, 0.2) is 24.3 Å². The second-order valence-corrected chi connectivity index (χ2v) is 3.87. The zero-order chi connectivity index (χ0) is 13.0. The molecule has 0 aliphatic rings. The molecule has 0 aliphatic carbocycles. The Balaban J connectivity index is 3.16. The fourth-order valence-electron chi connectivity index (χ4n) is 1.57. The highest BCUT2D eigenvalue weighted by atomic mass is 16.2. The lowest BCUT2D eigenvalue weighted by molar-refractivity contribution is -0.118. The monoisotopic (exact) mass is 234 g/mol. The van der Waals surface area contributed by atoms with E-state index in [2.05, 4.69) is 0 Å². The van der Waals surface area contributed by atoms with Crippen molar-refractivity contribution in [3.05, 3.63) is 24.3 Å². The summed E-state index contributed by atoms with van der Waals surface area (Å²) in [6, 6.07) is 7.37. The van der Waals surface area contributed by atoms with Crippen LogP contribution in [0.5, 0.6) is 0 Å². The van der Waals surface area contributed by atoms with Crippen LogP contribution in [0.25, 0.3) is 0 Å². The molecule has 2 amide bonds. The van der Waals surface area contributed by atoms with Crippen molar-refractivity contribution in [1.29, 1.82) is 0 Å². The SMILES string of the molecule is CCC(=O)N(C)c1ccccc1N(C)C(C)=O. The van der Waals surface area contributed by atoms with Crippen molar-refractivity contribution < 1.29 is 9.59 Å². The van der Waals surface area contributed by atoms with Crippen molar-refractivity contribution in [2.75, 3.05) is 23.9 Å². The van der Waals surface area contributed by atoms with Crippen molar-refractivity contribution in [1.82, 2.24) is 0 Å². The number of carbonyl (C=O) groups is 2. The largest absolute Gasteiger partial charge is 0.314 e. The smallest absolute Gasteiger partial charge is 0.226 e. The van der Waals surface area contributed by atoms with E-state index in [-0.39, 0.29) is 11.8 Å². The summed E-state index contributed by atoms with van der Waals surface area (Å²) in [4.78, 5) is 26.2. The van der Waals surface area contributed by atoms with Gasteiger partial charge in [-0.3, -0.25) is 9.59 Å². The van der Waals surface area contributed by atoms with Crippen molar-refractivity contribution >= 4 is 23.2 Å². The van der Waals surface area contributed by atoms with Crippen molar-refractivity contribution in [2.24, 2.45) is 0 Å². The van der Waals surface area contributed by atoms with E-state index in [1.54, 1.807) is 19.0 Å². The molecule has 92 valence electrons. The molecule has 0 unspecified atom stereocenters. The average Bonchev–Trinajstić information content (AvgIpc) is 2.35. The topological polar surface area (TPSA) is 40.6 Å². The van der Waals surface area contributed by atoms with Crippen LogP contribution in [0, 0.1) is 0 Å². The van der Waals surface area contributed by atoms with Gasteiger partial charge in [-0.2, -0.15) is 0 Å². The van der Waals surface area contributed by atoms with Gasteiger partial charge >= 0.3 is 0 Å². The maximum Gasteiger partial charge on any atom is 0.226 e. The summed E-state index contributed by atoms with van der Waals surface area (Å²) in [5, 5.41) is 0. The van der Waals surface area contributed by atoms with Gasteiger partial charge in [0.15, 0.2) is 0 Å². The van der Waals surface area contributed by atoms with Crippen LogP contribution in [0.2, 0.25) is 0 Å². The summed E-state index contributed by atoms with van der Waals surface area (Å²) >= 11 is 0. The van der Waals surface area contributed by atoms with E-state index in [1.807, 2.05) is 31.2 Å². The molecule has 4 nitrogen and oxygen atoms in total. The quantitative estimate of drug-likeness (QED) is 0.803. The highest BCUT2D eigenvalue weighted by molar-refractivity contribution is 6.00. The molecule has 4 heteroatoms. The number of hydrogen-bond acceptors (Lipinski definition) is 2. The van der Waals surface area contributed by atoms with Crippen LogP contribution in [-0.2, 0) is 9.59 Å². The van der Waals surface area contributed by atoms with E-state index >= 15 is 0 Å². The molecule has 0 aliphatic heterocycles. The minimum absolute atomic E-state index is 0.0226. The molecule has 0 fully saturated rings. The average molecular weight is 234 g/mol. The van der Waals surface area contributed by atoms with Crippen molar-refractivity contribution in [3.63, 3.8) is 0 Å². The van der Waals surface area contributed by atoms with Gasteiger partial charge in [-0.15, -0.1) is 0 Å². The molecule has 1 aromatic carbocycles. The maximum absolute atomic E-state index is 11.7. The van der Waals surface area contributed by atoms with E-state index in [9.17, 15) is 9.59 Å². The second kappa shape index (κ2) is 5.48. The molecule has 1 rings (SSSR count). The van der Waals surface area contributed by atoms with Crippen molar-refractivity contribution in [2.45, 2.75) is 20.3 Å². The Kier molecular flexibility index (Phi) is 4.26. The lowest BCUT2D eigenvalue weighted by Crippen LogP contribution is -2.29. The fraction of sp³-hybridized carbons (Fsp3) is 0.385. The summed E-state index contributed by atoms with van der Waals surface area (Å²) in [7, 11) is 3.42. The fourth-order valence-corrected chi connectivity index (χ4v) is 1.57. The molecular weight excluding hydrogens is 216 g/mol. The molecule has 0 atom stereocenters. The lowest BCUT2D eigenvalue weighted by Gasteiger charge is -2.24. The standard InChI is InChI=1S/C13H18N2O2/c1-5-13(17)15(4)12-9-7-6-8-11(12)14(3)10(2)16/h6-9H,5H2,1-4H3. The number of rotatable bonds is 3. The van der Waals surface area contributed by atoms with Gasteiger partial charge in [0.25, 0.3) is 0 Å². The Morgan fingerprint density at radius 1 is 1.06 bits per heavy atom. The number of carbonyl (C=O) groups excluding carboxylic acids is 2. The van der Waals surface area contributed by atoms with Gasteiger partial charge in [0.1, 0.15) is 0 Å². The third kappa shape index (κ3) is 2.84. The number of nitrogens with zero attached hydrogens (tertiary/aromatic N) is 2. The van der Waals surface area contributed by atoms with E-state index in [0.29, 0.717) is 6.42 Å². The molecule has 0 radical (unpaired) electrons. The van der Waals surface area contributed by atoms with Gasteiger partial charge in [0.05, 0.1) is 11.4 Å². The summed E-state index contributed by atoms with van der Waals surface area (Å²) in [5.74, 6) is -0.0378. The Morgan fingerprint density at radius 3 is 1.94 bits per heavy atom. The van der Waals surface area contributed by atoms with Crippen LogP contribution in [0.3, 0.4) is 0 Å². The highest BCUT2D eigenvalue weighted by Gasteiger charge is 2.16.